The number of nitrogens with one attached hydrogen (secondary N) is 1. The van der Waals surface area contributed by atoms with Crippen molar-refractivity contribution >= 4 is 0 Å². The topological polar surface area (TPSA) is 15.3 Å². The largest absolute Gasteiger partial charge is 0.256 e. The summed E-state index contributed by atoms with van der Waals surface area (Å²) in [5.41, 5.74) is 3.33. The average molecular weight is 170 g/mol. The lowest BCUT2D eigenvalue weighted by molar-refractivity contribution is 0.178. The molecule has 1 fully saturated rings. The number of rotatable bonds is 4. The fourth-order valence-electron chi connectivity index (χ4n) is 2.09. The number of hydrazine groups is 1. The minimum atomic E-state index is 0.947. The average Bonchev–Trinajstić information content (AvgIpc) is 2.06. The molecule has 0 saturated heterocycles. The van der Waals surface area contributed by atoms with E-state index in [1.54, 1.807) is 0 Å². The van der Waals surface area contributed by atoms with Gasteiger partial charge in [0.25, 0.3) is 0 Å². The Morgan fingerprint density at radius 1 is 1.25 bits per heavy atom. The standard InChI is InChI=1S/C10H22N2/c1-3-11-12(2)9-10-7-5-4-6-8-10/h10-11H,3-9H2,1-2H3. The summed E-state index contributed by atoms with van der Waals surface area (Å²) < 4.78 is 0. The van der Waals surface area contributed by atoms with Gasteiger partial charge in [0.1, 0.15) is 0 Å². The molecular formula is C10H22N2. The molecule has 0 bridgehead atoms. The molecule has 0 radical (unpaired) electrons. The molecule has 12 heavy (non-hydrogen) atoms. The van der Waals surface area contributed by atoms with Gasteiger partial charge >= 0.3 is 0 Å². The zero-order valence-corrected chi connectivity index (χ0v) is 8.47. The van der Waals surface area contributed by atoms with Crippen LogP contribution in [0.4, 0.5) is 0 Å². The highest BCUT2D eigenvalue weighted by atomic mass is 15.5. The van der Waals surface area contributed by atoms with Crippen LogP contribution in [0.5, 0.6) is 0 Å². The van der Waals surface area contributed by atoms with Gasteiger partial charge in [-0.15, -0.1) is 0 Å². The first-order chi connectivity index (χ1) is 5.83. The third kappa shape index (κ3) is 3.55. The lowest BCUT2D eigenvalue weighted by Gasteiger charge is -2.26. The summed E-state index contributed by atoms with van der Waals surface area (Å²) in [5.74, 6) is 0.947. The predicted octanol–water partition coefficient (Wildman–Crippen LogP) is 2.02. The van der Waals surface area contributed by atoms with Gasteiger partial charge in [-0.05, 0) is 18.8 Å². The molecule has 0 aromatic rings. The predicted molar refractivity (Wildman–Crippen MR) is 52.9 cm³/mol. The summed E-state index contributed by atoms with van der Waals surface area (Å²) in [7, 11) is 2.15. The molecule has 2 nitrogen and oxygen atoms in total. The van der Waals surface area contributed by atoms with Gasteiger partial charge < -0.3 is 0 Å². The van der Waals surface area contributed by atoms with Crippen LogP contribution in [0.2, 0.25) is 0 Å². The summed E-state index contributed by atoms with van der Waals surface area (Å²) in [6.45, 7) is 4.43. The first-order valence-corrected chi connectivity index (χ1v) is 5.27. The second-order valence-electron chi connectivity index (χ2n) is 3.90. The maximum absolute atomic E-state index is 3.33. The summed E-state index contributed by atoms with van der Waals surface area (Å²) >= 11 is 0. The highest BCUT2D eigenvalue weighted by molar-refractivity contribution is 4.67. The van der Waals surface area contributed by atoms with Gasteiger partial charge in [-0.1, -0.05) is 26.2 Å². The van der Waals surface area contributed by atoms with Gasteiger partial charge in [-0.3, -0.25) is 5.43 Å². The number of hydrogen-bond donors (Lipinski definition) is 1. The second-order valence-corrected chi connectivity index (χ2v) is 3.90. The monoisotopic (exact) mass is 170 g/mol. The molecule has 0 spiro atoms. The smallest absolute Gasteiger partial charge is 0.0156 e. The van der Waals surface area contributed by atoms with Gasteiger partial charge in [-0.2, -0.15) is 0 Å². The van der Waals surface area contributed by atoms with Crippen LogP contribution in [0.25, 0.3) is 0 Å². The van der Waals surface area contributed by atoms with Crippen LogP contribution in [0.15, 0.2) is 0 Å². The number of nitrogens with zero attached hydrogens (tertiary/aromatic N) is 1. The summed E-state index contributed by atoms with van der Waals surface area (Å²) in [5, 5.41) is 2.25. The van der Waals surface area contributed by atoms with Crippen molar-refractivity contribution in [3.63, 3.8) is 0 Å². The first kappa shape index (κ1) is 10.0. The van der Waals surface area contributed by atoms with Crippen LogP contribution in [-0.2, 0) is 0 Å². The Morgan fingerprint density at radius 3 is 2.50 bits per heavy atom. The van der Waals surface area contributed by atoms with E-state index in [0.717, 1.165) is 12.5 Å². The molecule has 0 aliphatic heterocycles. The van der Waals surface area contributed by atoms with E-state index in [0.29, 0.717) is 0 Å². The van der Waals surface area contributed by atoms with Crippen molar-refractivity contribution < 1.29 is 0 Å². The summed E-state index contributed by atoms with van der Waals surface area (Å²) in [6, 6.07) is 0. The van der Waals surface area contributed by atoms with Crippen molar-refractivity contribution in [3.05, 3.63) is 0 Å². The van der Waals surface area contributed by atoms with Crippen LogP contribution in [0, 0.1) is 5.92 Å². The van der Waals surface area contributed by atoms with Gasteiger partial charge in [0.2, 0.25) is 0 Å². The zero-order valence-electron chi connectivity index (χ0n) is 8.47. The third-order valence-electron chi connectivity index (χ3n) is 2.68. The molecule has 0 aromatic heterocycles. The third-order valence-corrected chi connectivity index (χ3v) is 2.68. The van der Waals surface area contributed by atoms with E-state index < -0.39 is 0 Å². The maximum atomic E-state index is 3.33. The number of hydrogen-bond acceptors (Lipinski definition) is 2. The fourth-order valence-corrected chi connectivity index (χ4v) is 2.09. The molecule has 2 heteroatoms. The van der Waals surface area contributed by atoms with Crippen LogP contribution in [-0.4, -0.2) is 25.1 Å². The van der Waals surface area contributed by atoms with Crippen molar-refractivity contribution in [1.29, 1.82) is 0 Å². The molecule has 0 amide bonds. The lowest BCUT2D eigenvalue weighted by Crippen LogP contribution is -2.38. The zero-order chi connectivity index (χ0) is 8.81. The summed E-state index contributed by atoms with van der Waals surface area (Å²) in [6.07, 6.45) is 7.24. The Bertz CT molecular complexity index is 108. The van der Waals surface area contributed by atoms with E-state index in [1.165, 1.54) is 38.6 Å². The molecule has 1 N–H and O–H groups in total. The van der Waals surface area contributed by atoms with E-state index >= 15 is 0 Å². The molecule has 1 rings (SSSR count). The maximum Gasteiger partial charge on any atom is 0.0156 e. The first-order valence-electron chi connectivity index (χ1n) is 5.27. The van der Waals surface area contributed by atoms with Gasteiger partial charge in [0, 0.05) is 20.1 Å². The van der Waals surface area contributed by atoms with E-state index in [1.807, 2.05) is 0 Å². The van der Waals surface area contributed by atoms with Gasteiger partial charge in [-0.25, -0.2) is 5.01 Å². The van der Waals surface area contributed by atoms with E-state index in [-0.39, 0.29) is 0 Å². The Hall–Kier alpha value is -0.0800. The highest BCUT2D eigenvalue weighted by Gasteiger charge is 2.14. The van der Waals surface area contributed by atoms with Crippen molar-refractivity contribution in [3.8, 4) is 0 Å². The Labute approximate surface area is 76.3 Å². The van der Waals surface area contributed by atoms with Gasteiger partial charge in [0.15, 0.2) is 0 Å². The quantitative estimate of drug-likeness (QED) is 0.649. The molecular weight excluding hydrogens is 148 g/mol. The Balaban J connectivity index is 2.11. The SMILES string of the molecule is CCNN(C)CC1CCCCC1. The van der Waals surface area contributed by atoms with Crippen LogP contribution in [0.1, 0.15) is 39.0 Å². The summed E-state index contributed by atoms with van der Waals surface area (Å²) in [4.78, 5) is 0. The Morgan fingerprint density at radius 2 is 1.92 bits per heavy atom. The van der Waals surface area contributed by atoms with E-state index in [4.69, 9.17) is 0 Å². The molecule has 1 saturated carbocycles. The van der Waals surface area contributed by atoms with E-state index in [2.05, 4.69) is 24.4 Å². The molecule has 72 valence electrons. The van der Waals surface area contributed by atoms with Crippen molar-refractivity contribution in [1.82, 2.24) is 10.4 Å². The molecule has 1 aliphatic carbocycles. The lowest BCUT2D eigenvalue weighted by atomic mass is 9.89. The van der Waals surface area contributed by atoms with Crippen molar-refractivity contribution in [2.75, 3.05) is 20.1 Å². The van der Waals surface area contributed by atoms with Crippen molar-refractivity contribution in [2.45, 2.75) is 39.0 Å². The van der Waals surface area contributed by atoms with Crippen LogP contribution in [0.3, 0.4) is 0 Å². The highest BCUT2D eigenvalue weighted by Crippen LogP contribution is 2.23. The Kier molecular flexibility index (Phi) is 4.62. The minimum Gasteiger partial charge on any atom is -0.256 e. The molecule has 1 aliphatic rings. The molecule has 0 unspecified atom stereocenters. The fraction of sp³-hybridized carbons (Fsp3) is 1.00. The molecule has 0 heterocycles. The van der Waals surface area contributed by atoms with E-state index in [9.17, 15) is 0 Å². The van der Waals surface area contributed by atoms with Crippen molar-refractivity contribution in [2.24, 2.45) is 5.92 Å². The normalized spacial score (nSPS) is 20.2. The van der Waals surface area contributed by atoms with Crippen LogP contribution < -0.4 is 5.43 Å². The minimum absolute atomic E-state index is 0.947. The van der Waals surface area contributed by atoms with Crippen LogP contribution >= 0.6 is 0 Å². The van der Waals surface area contributed by atoms with Gasteiger partial charge in [0.05, 0.1) is 0 Å². The molecule has 0 aromatic carbocycles. The second kappa shape index (κ2) is 5.55. The molecule has 0 atom stereocenters.